The third-order valence-corrected chi connectivity index (χ3v) is 8.93. The van der Waals surface area contributed by atoms with Gasteiger partial charge in [0, 0.05) is 0 Å². The lowest BCUT2D eigenvalue weighted by atomic mass is 9.99. The van der Waals surface area contributed by atoms with Gasteiger partial charge in [0.1, 0.15) is 5.75 Å². The monoisotopic (exact) mass is 508 g/mol. The molecule has 0 radical (unpaired) electrons. The molecule has 0 heterocycles. The summed E-state index contributed by atoms with van der Waals surface area (Å²) >= 11 is 0. The van der Waals surface area contributed by atoms with Gasteiger partial charge in [0.15, 0.2) is 0 Å². The minimum absolute atomic E-state index is 0.0780. The third kappa shape index (κ3) is 4.11. The zero-order chi connectivity index (χ0) is 24.0. The molecule has 174 valence electrons. The van der Waals surface area contributed by atoms with Crippen LogP contribution in [0.25, 0.3) is 0 Å². The van der Waals surface area contributed by atoms with Crippen molar-refractivity contribution in [1.29, 1.82) is 0 Å². The molecule has 0 aliphatic rings. The van der Waals surface area contributed by atoms with Crippen LogP contribution in [0.5, 0.6) is 5.75 Å². The number of benzene rings is 1. The van der Waals surface area contributed by atoms with Crippen molar-refractivity contribution >= 4 is 28.1 Å². The number of hydrogen-bond acceptors (Lipinski definition) is 7. The lowest BCUT2D eigenvalue weighted by Crippen LogP contribution is -2.62. The molecule has 1 atom stereocenters. The minimum atomic E-state index is -7.72. The van der Waals surface area contributed by atoms with Crippen LogP contribution in [-0.4, -0.2) is 46.2 Å². The molecule has 30 heavy (non-hydrogen) atoms. The van der Waals surface area contributed by atoms with Crippen molar-refractivity contribution in [2.75, 3.05) is 0 Å². The highest BCUT2D eigenvalue weighted by atomic mass is 33.2. The van der Waals surface area contributed by atoms with Gasteiger partial charge < -0.3 is 4.18 Å². The Bertz CT molecular complexity index is 1100. The quantitative estimate of drug-likeness (QED) is 0.233. The Morgan fingerprint density at radius 2 is 1.33 bits per heavy atom. The van der Waals surface area contributed by atoms with Gasteiger partial charge in [-0.3, -0.25) is 4.55 Å². The summed E-state index contributed by atoms with van der Waals surface area (Å²) in [5.41, 5.74) is 0.560. The van der Waals surface area contributed by atoms with Gasteiger partial charge in [-0.2, -0.15) is 43.2 Å². The molecule has 17 heteroatoms. The molecule has 0 fully saturated rings. The van der Waals surface area contributed by atoms with Gasteiger partial charge in [-0.1, -0.05) is 26.0 Å². The van der Waals surface area contributed by atoms with Gasteiger partial charge in [0.25, 0.3) is 0 Å². The van der Waals surface area contributed by atoms with Gasteiger partial charge >= 0.3 is 44.6 Å². The maximum atomic E-state index is 13.9. The summed E-state index contributed by atoms with van der Waals surface area (Å²) in [7, 11) is -21.8. The van der Waals surface area contributed by atoms with E-state index in [1.54, 1.807) is 13.8 Å². The number of alkyl halides is 6. The molecule has 1 unspecified atom stereocenters. The SMILES string of the molecule is CCC(C)c1ccc(OS(=O)(=O)C(F)(F)C(F)(F)C(F)(F)S(=O)(=O)S(=O)(=O)O)cc1. The van der Waals surface area contributed by atoms with Gasteiger partial charge in [-0.05, 0) is 30.0 Å². The first-order valence-electron chi connectivity index (χ1n) is 7.56. The molecule has 0 bridgehead atoms. The topological polar surface area (TPSA) is 132 Å². The maximum Gasteiger partial charge on any atom is 0.450 e. The van der Waals surface area contributed by atoms with E-state index in [9.17, 15) is 51.6 Å². The zero-order valence-electron chi connectivity index (χ0n) is 14.9. The van der Waals surface area contributed by atoms with Crippen molar-refractivity contribution < 1.29 is 60.3 Å². The molecule has 1 aromatic carbocycles. The first kappa shape index (κ1) is 26.4. The normalized spacial score (nSPS) is 15.6. The van der Waals surface area contributed by atoms with E-state index in [0.717, 1.165) is 12.1 Å². The van der Waals surface area contributed by atoms with Crippen LogP contribution in [0, 0.1) is 0 Å². The van der Waals surface area contributed by atoms with Crippen molar-refractivity contribution in [1.82, 2.24) is 0 Å². The Morgan fingerprint density at radius 3 is 1.70 bits per heavy atom. The number of rotatable bonds is 9. The van der Waals surface area contributed by atoms with E-state index < -0.39 is 50.3 Å². The van der Waals surface area contributed by atoms with Crippen LogP contribution >= 0.6 is 0 Å². The Labute approximate surface area is 167 Å². The van der Waals surface area contributed by atoms with Crippen molar-refractivity contribution in [3.8, 4) is 5.75 Å². The molecule has 8 nitrogen and oxygen atoms in total. The molecule has 1 aromatic rings. The van der Waals surface area contributed by atoms with Gasteiger partial charge in [-0.15, -0.1) is 0 Å². The lowest BCUT2D eigenvalue weighted by molar-refractivity contribution is -0.244. The first-order chi connectivity index (χ1) is 13.2. The number of halogens is 6. The average molecular weight is 508 g/mol. The first-order valence-corrected chi connectivity index (χ1v) is 12.4. The summed E-state index contributed by atoms with van der Waals surface area (Å²) in [5.74, 6) is -8.45. The molecule has 0 saturated carbocycles. The summed E-state index contributed by atoms with van der Waals surface area (Å²) in [6, 6.07) is 3.85. The zero-order valence-corrected chi connectivity index (χ0v) is 17.3. The van der Waals surface area contributed by atoms with Gasteiger partial charge in [0.05, 0.1) is 0 Å². The predicted octanol–water partition coefficient (Wildman–Crippen LogP) is 2.95. The summed E-state index contributed by atoms with van der Waals surface area (Å²) in [5, 5.41) is -14.2. The second-order valence-corrected chi connectivity index (χ2v) is 12.3. The van der Waals surface area contributed by atoms with Crippen LogP contribution in [0.3, 0.4) is 0 Å². The second-order valence-electron chi connectivity index (χ2n) is 5.91. The van der Waals surface area contributed by atoms with E-state index in [4.69, 9.17) is 4.55 Å². The van der Waals surface area contributed by atoms with Crippen molar-refractivity contribution in [2.45, 2.75) is 42.6 Å². The van der Waals surface area contributed by atoms with E-state index in [-0.39, 0.29) is 5.92 Å². The number of hydrogen-bond donors (Lipinski definition) is 1. The third-order valence-electron chi connectivity index (χ3n) is 3.90. The fourth-order valence-electron chi connectivity index (χ4n) is 1.88. The predicted molar refractivity (Wildman–Crippen MR) is 90.0 cm³/mol. The van der Waals surface area contributed by atoms with Gasteiger partial charge in [-0.25, -0.2) is 8.42 Å². The fraction of sp³-hybridized carbons (Fsp3) is 0.538. The second kappa shape index (κ2) is 7.83. The standard InChI is InChI=1S/C13H14F6O8S3/c1-3-8(2)9-4-6-10(7-5-9)27-28(20,21)12(16,17)11(14,15)13(18,19)29(22,23)30(24,25)26/h4-8H,3H2,1-2H3,(H,24,25,26). The lowest BCUT2D eigenvalue weighted by Gasteiger charge is -2.30. The molecule has 0 aliphatic heterocycles. The maximum absolute atomic E-state index is 13.9. The van der Waals surface area contributed by atoms with E-state index in [0.29, 0.717) is 12.0 Å². The van der Waals surface area contributed by atoms with Crippen LogP contribution in [0.4, 0.5) is 26.3 Å². The van der Waals surface area contributed by atoms with E-state index in [2.05, 4.69) is 4.18 Å². The Balaban J connectivity index is 3.43. The van der Waals surface area contributed by atoms with Crippen molar-refractivity contribution in [3.05, 3.63) is 29.8 Å². The largest absolute Gasteiger partial charge is 0.450 e. The molecule has 1 N–H and O–H groups in total. The van der Waals surface area contributed by atoms with E-state index >= 15 is 0 Å². The van der Waals surface area contributed by atoms with Crippen LogP contribution in [-0.2, 0) is 28.1 Å². The molecule has 0 aliphatic carbocycles. The average Bonchev–Trinajstić information content (AvgIpc) is 2.59. The Hall–Kier alpha value is -1.59. The highest BCUT2D eigenvalue weighted by Gasteiger charge is 2.84. The molecule has 0 saturated heterocycles. The molecule has 0 spiro atoms. The van der Waals surface area contributed by atoms with Crippen LogP contribution in [0.1, 0.15) is 31.7 Å². The fourth-order valence-corrected chi connectivity index (χ4v) is 4.67. The summed E-state index contributed by atoms with van der Waals surface area (Å²) in [6.07, 6.45) is 0.611. The summed E-state index contributed by atoms with van der Waals surface area (Å²) in [6.45, 7) is 3.52. The van der Waals surface area contributed by atoms with Crippen molar-refractivity contribution in [2.24, 2.45) is 0 Å². The smallest absolute Gasteiger partial charge is 0.378 e. The molecule has 0 aromatic heterocycles. The van der Waals surface area contributed by atoms with Gasteiger partial charge in [0.2, 0.25) is 0 Å². The molecular weight excluding hydrogens is 494 g/mol. The van der Waals surface area contributed by atoms with E-state index in [1.807, 2.05) is 0 Å². The highest BCUT2D eigenvalue weighted by molar-refractivity contribution is 8.65. The summed E-state index contributed by atoms with van der Waals surface area (Å²) < 4.78 is 160. The Kier molecular flexibility index (Phi) is 6.90. The van der Waals surface area contributed by atoms with E-state index in [1.165, 1.54) is 12.1 Å². The minimum Gasteiger partial charge on any atom is -0.378 e. The Morgan fingerprint density at radius 1 is 0.900 bits per heavy atom. The molecule has 1 rings (SSSR count). The molecule has 0 amide bonds. The van der Waals surface area contributed by atoms with Crippen LogP contribution < -0.4 is 4.18 Å². The van der Waals surface area contributed by atoms with Crippen LogP contribution in [0.15, 0.2) is 24.3 Å². The van der Waals surface area contributed by atoms with Crippen molar-refractivity contribution in [3.63, 3.8) is 0 Å². The molecular formula is C13H14F6O8S3. The van der Waals surface area contributed by atoms with Crippen LogP contribution in [0.2, 0.25) is 0 Å². The summed E-state index contributed by atoms with van der Waals surface area (Å²) in [4.78, 5) is 0. The highest BCUT2D eigenvalue weighted by Crippen LogP contribution is 2.52.